The molecule has 0 radical (unpaired) electrons. The van der Waals surface area contributed by atoms with Crippen LogP contribution in [0.2, 0.25) is 0 Å². The molecule has 0 spiro atoms. The number of nitrogens with one attached hydrogen (secondary N) is 1. The van der Waals surface area contributed by atoms with Gasteiger partial charge in [0.15, 0.2) is 28.6 Å². The molecule has 150 valence electrons. The van der Waals surface area contributed by atoms with Gasteiger partial charge < -0.3 is 19.3 Å². The summed E-state index contributed by atoms with van der Waals surface area (Å²) in [6.45, 7) is -1.18. The number of halogens is 2. The van der Waals surface area contributed by atoms with Gasteiger partial charge in [-0.2, -0.15) is 13.9 Å². The van der Waals surface area contributed by atoms with Crippen LogP contribution in [0.4, 0.5) is 8.78 Å². The van der Waals surface area contributed by atoms with Gasteiger partial charge in [-0.05, 0) is 31.2 Å². The normalized spacial score (nSPS) is 11.4. The number of fused-ring (bicyclic) bond motifs is 3. The highest BCUT2D eigenvalue weighted by atomic mass is 19.3. The van der Waals surface area contributed by atoms with Gasteiger partial charge >= 0.3 is 6.61 Å². The lowest BCUT2D eigenvalue weighted by Gasteiger charge is -2.16. The Morgan fingerprint density at radius 3 is 2.55 bits per heavy atom. The number of phenols is 1. The van der Waals surface area contributed by atoms with Crippen molar-refractivity contribution in [2.75, 3.05) is 14.2 Å². The van der Waals surface area contributed by atoms with Crippen molar-refractivity contribution in [1.82, 2.24) is 15.2 Å². The molecule has 4 rings (SSSR count). The predicted octanol–water partition coefficient (Wildman–Crippen LogP) is 4.41. The molecule has 4 aromatic rings. The molecule has 2 N–H and O–H groups in total. The number of phenolic OH excluding ortho intramolecular Hbond substituents is 1. The summed E-state index contributed by atoms with van der Waals surface area (Å²) in [4.78, 5) is 4.62. The summed E-state index contributed by atoms with van der Waals surface area (Å²) in [5, 5.41) is 19.1. The van der Waals surface area contributed by atoms with E-state index in [-0.39, 0.29) is 5.75 Å². The minimum Gasteiger partial charge on any atom is -0.504 e. The lowest BCUT2D eigenvalue weighted by atomic mass is 9.97. The minimum atomic E-state index is -3.07. The number of aromatic hydroxyl groups is 1. The Morgan fingerprint density at radius 1 is 1.07 bits per heavy atom. The maximum Gasteiger partial charge on any atom is 0.387 e. The summed E-state index contributed by atoms with van der Waals surface area (Å²) in [5.74, 6) is 0.351. The Bertz CT molecular complexity index is 1220. The zero-order valence-corrected chi connectivity index (χ0v) is 15.8. The van der Waals surface area contributed by atoms with Crippen molar-refractivity contribution < 1.29 is 28.1 Å². The van der Waals surface area contributed by atoms with Crippen LogP contribution in [0.25, 0.3) is 33.1 Å². The molecule has 0 unspecified atom stereocenters. The molecule has 0 amide bonds. The number of hydrogen-bond acceptors (Lipinski definition) is 6. The highest BCUT2D eigenvalue weighted by molar-refractivity contribution is 6.12. The van der Waals surface area contributed by atoms with E-state index in [4.69, 9.17) is 9.47 Å². The number of methoxy groups -OCH3 is 2. The SMILES string of the molecule is COc1cc2c(-c3ccc(O)c(OC(F)F)c3)nc3[nH]ncc3c2c(C)c1OC. The van der Waals surface area contributed by atoms with Crippen LogP contribution in [0.15, 0.2) is 30.5 Å². The van der Waals surface area contributed by atoms with Gasteiger partial charge in [0, 0.05) is 27.3 Å². The predicted molar refractivity (Wildman–Crippen MR) is 103 cm³/mol. The van der Waals surface area contributed by atoms with Crippen LogP contribution < -0.4 is 14.2 Å². The molecule has 2 aromatic carbocycles. The van der Waals surface area contributed by atoms with E-state index in [2.05, 4.69) is 19.9 Å². The van der Waals surface area contributed by atoms with E-state index in [1.165, 1.54) is 19.2 Å². The molecule has 0 saturated carbocycles. The topological polar surface area (TPSA) is 89.5 Å². The van der Waals surface area contributed by atoms with Gasteiger partial charge in [0.1, 0.15) is 0 Å². The van der Waals surface area contributed by atoms with Crippen molar-refractivity contribution in [3.05, 3.63) is 36.0 Å². The summed E-state index contributed by atoms with van der Waals surface area (Å²) in [5.41, 5.74) is 2.30. The fraction of sp³-hybridized carbons (Fsp3) is 0.200. The van der Waals surface area contributed by atoms with E-state index < -0.39 is 12.4 Å². The molecule has 0 bridgehead atoms. The first-order valence-corrected chi connectivity index (χ1v) is 8.61. The lowest BCUT2D eigenvalue weighted by Crippen LogP contribution is -2.02. The molecule has 7 nitrogen and oxygen atoms in total. The van der Waals surface area contributed by atoms with Gasteiger partial charge in [0.05, 0.1) is 26.1 Å². The Balaban J connectivity index is 2.08. The number of H-pyrrole nitrogens is 1. The quantitative estimate of drug-likeness (QED) is 0.515. The van der Waals surface area contributed by atoms with E-state index in [1.807, 2.05) is 6.92 Å². The number of aromatic amines is 1. The summed E-state index contributed by atoms with van der Waals surface area (Å²) in [6, 6.07) is 5.95. The van der Waals surface area contributed by atoms with E-state index in [9.17, 15) is 13.9 Å². The first-order chi connectivity index (χ1) is 13.9. The molecule has 0 saturated heterocycles. The summed E-state index contributed by atoms with van der Waals surface area (Å²) in [7, 11) is 3.08. The fourth-order valence-electron chi connectivity index (χ4n) is 3.50. The summed E-state index contributed by atoms with van der Waals surface area (Å²) >= 11 is 0. The van der Waals surface area contributed by atoms with Crippen LogP contribution in [-0.2, 0) is 0 Å². The van der Waals surface area contributed by atoms with Crippen LogP contribution in [0, 0.1) is 6.92 Å². The largest absolute Gasteiger partial charge is 0.504 e. The van der Waals surface area contributed by atoms with Crippen molar-refractivity contribution in [3.8, 4) is 34.3 Å². The molecular weight excluding hydrogens is 384 g/mol. The number of ether oxygens (including phenoxy) is 3. The third-order valence-corrected chi connectivity index (χ3v) is 4.72. The Labute approximate surface area is 163 Å². The molecular formula is C20H17F2N3O4. The van der Waals surface area contributed by atoms with E-state index in [0.717, 1.165) is 16.3 Å². The number of aromatic nitrogens is 3. The van der Waals surface area contributed by atoms with Gasteiger partial charge in [-0.15, -0.1) is 0 Å². The maximum absolute atomic E-state index is 12.7. The number of aryl methyl sites for hydroxylation is 1. The van der Waals surface area contributed by atoms with Crippen LogP contribution in [0.1, 0.15) is 5.56 Å². The second-order valence-electron chi connectivity index (χ2n) is 6.31. The first kappa shape index (κ1) is 18.7. The van der Waals surface area contributed by atoms with E-state index in [0.29, 0.717) is 33.8 Å². The molecule has 0 fully saturated rings. The molecule has 0 aliphatic heterocycles. The monoisotopic (exact) mass is 401 g/mol. The van der Waals surface area contributed by atoms with Gasteiger partial charge in [0.25, 0.3) is 0 Å². The number of pyridine rings is 1. The van der Waals surface area contributed by atoms with E-state index in [1.54, 1.807) is 25.4 Å². The Morgan fingerprint density at radius 2 is 1.86 bits per heavy atom. The molecule has 0 aliphatic rings. The number of alkyl halides is 2. The maximum atomic E-state index is 12.7. The zero-order chi connectivity index (χ0) is 20.7. The second-order valence-corrected chi connectivity index (χ2v) is 6.31. The van der Waals surface area contributed by atoms with Gasteiger partial charge in [-0.25, -0.2) is 4.98 Å². The highest BCUT2D eigenvalue weighted by Gasteiger charge is 2.20. The smallest absolute Gasteiger partial charge is 0.387 e. The van der Waals surface area contributed by atoms with Crippen molar-refractivity contribution in [2.24, 2.45) is 0 Å². The molecule has 0 atom stereocenters. The molecule has 2 heterocycles. The van der Waals surface area contributed by atoms with Crippen molar-refractivity contribution in [3.63, 3.8) is 0 Å². The van der Waals surface area contributed by atoms with Gasteiger partial charge in [-0.3, -0.25) is 5.10 Å². The molecule has 29 heavy (non-hydrogen) atoms. The molecule has 2 aromatic heterocycles. The second kappa shape index (κ2) is 7.08. The molecule has 9 heteroatoms. The van der Waals surface area contributed by atoms with Crippen LogP contribution >= 0.6 is 0 Å². The number of hydrogen-bond donors (Lipinski definition) is 2. The average Bonchev–Trinajstić information content (AvgIpc) is 3.16. The lowest BCUT2D eigenvalue weighted by molar-refractivity contribution is -0.0512. The highest BCUT2D eigenvalue weighted by Crippen LogP contribution is 2.43. The van der Waals surface area contributed by atoms with Crippen molar-refractivity contribution in [1.29, 1.82) is 0 Å². The third kappa shape index (κ3) is 3.04. The number of benzene rings is 2. The third-order valence-electron chi connectivity index (χ3n) is 4.72. The fourth-order valence-corrected chi connectivity index (χ4v) is 3.50. The Hall–Kier alpha value is -3.62. The van der Waals surface area contributed by atoms with Crippen LogP contribution in [-0.4, -0.2) is 41.1 Å². The van der Waals surface area contributed by atoms with E-state index >= 15 is 0 Å². The van der Waals surface area contributed by atoms with Crippen molar-refractivity contribution >= 4 is 21.8 Å². The first-order valence-electron chi connectivity index (χ1n) is 8.61. The zero-order valence-electron chi connectivity index (χ0n) is 15.8. The average molecular weight is 401 g/mol. The summed E-state index contributed by atoms with van der Waals surface area (Å²) in [6.07, 6.45) is 1.66. The number of nitrogens with zero attached hydrogens (tertiary/aromatic N) is 2. The molecule has 0 aliphatic carbocycles. The standard InChI is InChI=1S/C20H17F2N3O4/c1-9-16-11(7-15(27-2)18(9)28-3)17(24-19-12(16)8-23-25-19)10-4-5-13(26)14(6-10)29-20(21)22/h4-8,20,26H,1-3H3,(H,23,24,25). The summed E-state index contributed by atoms with van der Waals surface area (Å²) < 4.78 is 40.8. The van der Waals surface area contributed by atoms with Gasteiger partial charge in [-0.1, -0.05) is 0 Å². The number of rotatable bonds is 5. The van der Waals surface area contributed by atoms with Crippen LogP contribution in [0.5, 0.6) is 23.0 Å². The van der Waals surface area contributed by atoms with Crippen molar-refractivity contribution in [2.45, 2.75) is 13.5 Å². The van der Waals surface area contributed by atoms with Gasteiger partial charge in [0.2, 0.25) is 0 Å². The van der Waals surface area contributed by atoms with Crippen LogP contribution in [0.3, 0.4) is 0 Å². The Kier molecular flexibility index (Phi) is 4.57. The minimum absolute atomic E-state index is 0.339.